The third kappa shape index (κ3) is 3.37. The predicted molar refractivity (Wildman–Crippen MR) is 77.8 cm³/mol. The highest BCUT2D eigenvalue weighted by molar-refractivity contribution is 5.81. The number of alkyl halides is 2. The Morgan fingerprint density at radius 2 is 2.08 bits per heavy atom. The molecular formula is C15H18F2N4O3. The zero-order chi connectivity index (χ0) is 17.9. The molecule has 9 heteroatoms. The van der Waals surface area contributed by atoms with Gasteiger partial charge < -0.3 is 9.64 Å². The lowest BCUT2D eigenvalue weighted by Gasteiger charge is -2.35. The normalized spacial score (nSPS) is 16.8. The molecule has 0 unspecified atom stereocenters. The van der Waals surface area contributed by atoms with Crippen LogP contribution in [0.15, 0.2) is 6.07 Å². The number of esters is 1. The topological polar surface area (TPSA) is 88.2 Å². The van der Waals surface area contributed by atoms with Gasteiger partial charge in [-0.1, -0.05) is 0 Å². The van der Waals surface area contributed by atoms with E-state index in [2.05, 4.69) is 9.84 Å². The van der Waals surface area contributed by atoms with Gasteiger partial charge in [0.25, 0.3) is 6.43 Å². The standard InChI is InChI=1S/C15H18F2N4O3/c1-10-7-11(13(16)17)19-21(10)8-12(22)20-5-3-15(9-18,4-6-20)14(23)24-2/h7,13H,3-6,8H2,1-2H3. The van der Waals surface area contributed by atoms with Crippen molar-refractivity contribution < 1.29 is 23.1 Å². The number of halogens is 2. The molecule has 1 fully saturated rings. The van der Waals surface area contributed by atoms with Crippen LogP contribution in [0.4, 0.5) is 8.78 Å². The molecule has 0 atom stereocenters. The van der Waals surface area contributed by atoms with Gasteiger partial charge in [0.15, 0.2) is 5.41 Å². The lowest BCUT2D eigenvalue weighted by Crippen LogP contribution is -2.47. The number of hydrogen-bond donors (Lipinski definition) is 0. The summed E-state index contributed by atoms with van der Waals surface area (Å²) < 4.78 is 31.2. The summed E-state index contributed by atoms with van der Waals surface area (Å²) in [6.45, 7) is 1.89. The molecule has 130 valence electrons. The fraction of sp³-hybridized carbons (Fsp3) is 0.600. The third-order valence-electron chi connectivity index (χ3n) is 4.27. The molecule has 0 saturated carbocycles. The van der Waals surface area contributed by atoms with E-state index in [0.29, 0.717) is 5.69 Å². The Morgan fingerprint density at radius 3 is 2.54 bits per heavy atom. The molecule has 2 rings (SSSR count). The lowest BCUT2D eigenvalue weighted by atomic mass is 9.80. The largest absolute Gasteiger partial charge is 0.468 e. The highest BCUT2D eigenvalue weighted by Gasteiger charge is 2.43. The highest BCUT2D eigenvalue weighted by Crippen LogP contribution is 2.32. The SMILES string of the molecule is COC(=O)C1(C#N)CCN(C(=O)Cn2nc(C(F)F)cc2C)CC1. The molecule has 24 heavy (non-hydrogen) atoms. The third-order valence-corrected chi connectivity index (χ3v) is 4.27. The van der Waals surface area contributed by atoms with Crippen molar-refractivity contribution in [3.05, 3.63) is 17.5 Å². The van der Waals surface area contributed by atoms with E-state index in [9.17, 15) is 23.6 Å². The van der Waals surface area contributed by atoms with Crippen LogP contribution in [-0.2, 0) is 20.9 Å². The summed E-state index contributed by atoms with van der Waals surface area (Å²) in [6.07, 6.45) is -2.32. The number of nitriles is 1. The quantitative estimate of drug-likeness (QED) is 0.774. The van der Waals surface area contributed by atoms with Crippen LogP contribution in [0.5, 0.6) is 0 Å². The zero-order valence-electron chi connectivity index (χ0n) is 13.5. The van der Waals surface area contributed by atoms with E-state index in [-0.39, 0.29) is 44.1 Å². The number of aryl methyl sites for hydroxylation is 1. The second-order valence-electron chi connectivity index (χ2n) is 5.74. The Kier molecular flexibility index (Phi) is 5.17. The maximum absolute atomic E-state index is 12.6. The minimum absolute atomic E-state index is 0.156. The average molecular weight is 340 g/mol. The summed E-state index contributed by atoms with van der Waals surface area (Å²) in [6, 6.07) is 3.23. The van der Waals surface area contributed by atoms with E-state index >= 15 is 0 Å². The number of likely N-dealkylation sites (tertiary alicyclic amines) is 1. The number of nitrogens with zero attached hydrogens (tertiary/aromatic N) is 4. The van der Waals surface area contributed by atoms with Gasteiger partial charge in [0.1, 0.15) is 12.2 Å². The first-order valence-electron chi connectivity index (χ1n) is 7.43. The number of carbonyl (C=O) groups is 2. The van der Waals surface area contributed by atoms with E-state index in [1.165, 1.54) is 22.8 Å². The summed E-state index contributed by atoms with van der Waals surface area (Å²) in [5, 5.41) is 13.0. The minimum Gasteiger partial charge on any atom is -0.468 e. The summed E-state index contributed by atoms with van der Waals surface area (Å²) in [7, 11) is 1.22. The molecule has 1 saturated heterocycles. The number of amides is 1. The number of aromatic nitrogens is 2. The van der Waals surface area contributed by atoms with Crippen LogP contribution in [-0.4, -0.2) is 46.8 Å². The molecule has 1 amide bonds. The van der Waals surface area contributed by atoms with E-state index in [1.807, 2.05) is 6.07 Å². The molecule has 1 aliphatic rings. The summed E-state index contributed by atoms with van der Waals surface area (Å²) >= 11 is 0. The molecule has 0 spiro atoms. The molecule has 1 aromatic rings. The number of piperidine rings is 1. The number of ether oxygens (including phenoxy) is 1. The first-order chi connectivity index (χ1) is 11.3. The van der Waals surface area contributed by atoms with Crippen LogP contribution in [0.3, 0.4) is 0 Å². The Bertz CT molecular complexity index is 673. The van der Waals surface area contributed by atoms with Gasteiger partial charge in [0.2, 0.25) is 5.91 Å². The molecule has 0 aromatic carbocycles. The summed E-state index contributed by atoms with van der Waals surface area (Å²) in [5.41, 5.74) is -1.12. The lowest BCUT2D eigenvalue weighted by molar-refractivity contribution is -0.153. The van der Waals surface area contributed by atoms with Gasteiger partial charge in [-0.25, -0.2) is 8.78 Å². The first kappa shape index (κ1) is 17.8. The Hall–Kier alpha value is -2.50. The van der Waals surface area contributed by atoms with Crippen molar-refractivity contribution in [1.82, 2.24) is 14.7 Å². The van der Waals surface area contributed by atoms with Crippen molar-refractivity contribution in [1.29, 1.82) is 5.26 Å². The van der Waals surface area contributed by atoms with Crippen molar-refractivity contribution in [3.8, 4) is 6.07 Å². The van der Waals surface area contributed by atoms with Crippen LogP contribution >= 0.6 is 0 Å². The van der Waals surface area contributed by atoms with Gasteiger partial charge in [0.05, 0.1) is 13.2 Å². The smallest absolute Gasteiger partial charge is 0.326 e. The van der Waals surface area contributed by atoms with Gasteiger partial charge in [-0.05, 0) is 25.8 Å². The monoisotopic (exact) mass is 340 g/mol. The van der Waals surface area contributed by atoms with Crippen molar-refractivity contribution in [2.24, 2.45) is 5.41 Å². The van der Waals surface area contributed by atoms with Crippen LogP contribution in [0.1, 0.15) is 30.7 Å². The van der Waals surface area contributed by atoms with Crippen molar-refractivity contribution in [2.45, 2.75) is 32.7 Å². The molecule has 0 radical (unpaired) electrons. The van der Waals surface area contributed by atoms with Crippen LogP contribution in [0.25, 0.3) is 0 Å². The van der Waals surface area contributed by atoms with Crippen molar-refractivity contribution in [3.63, 3.8) is 0 Å². The molecule has 0 N–H and O–H groups in total. The molecule has 7 nitrogen and oxygen atoms in total. The summed E-state index contributed by atoms with van der Waals surface area (Å²) in [4.78, 5) is 25.6. The molecule has 0 bridgehead atoms. The first-order valence-corrected chi connectivity index (χ1v) is 7.43. The Morgan fingerprint density at radius 1 is 1.46 bits per heavy atom. The predicted octanol–water partition coefficient (Wildman–Crippen LogP) is 1.43. The van der Waals surface area contributed by atoms with Gasteiger partial charge in [-0.3, -0.25) is 14.3 Å². The maximum atomic E-state index is 12.6. The molecule has 1 aromatic heterocycles. The number of carbonyl (C=O) groups excluding carboxylic acids is 2. The van der Waals surface area contributed by atoms with Gasteiger partial charge in [-0.15, -0.1) is 0 Å². The second kappa shape index (κ2) is 6.95. The number of hydrogen-bond acceptors (Lipinski definition) is 5. The highest BCUT2D eigenvalue weighted by atomic mass is 19.3. The van der Waals surface area contributed by atoms with E-state index in [4.69, 9.17) is 0 Å². The minimum atomic E-state index is -2.69. The van der Waals surface area contributed by atoms with Gasteiger partial charge in [-0.2, -0.15) is 10.4 Å². The van der Waals surface area contributed by atoms with Crippen LogP contribution in [0.2, 0.25) is 0 Å². The van der Waals surface area contributed by atoms with Crippen molar-refractivity contribution in [2.75, 3.05) is 20.2 Å². The molecular weight excluding hydrogens is 322 g/mol. The summed E-state index contributed by atoms with van der Waals surface area (Å²) in [5.74, 6) is -0.889. The Labute approximate surface area is 137 Å². The van der Waals surface area contributed by atoms with E-state index in [1.54, 1.807) is 6.92 Å². The van der Waals surface area contributed by atoms with Crippen LogP contribution in [0, 0.1) is 23.7 Å². The molecule has 2 heterocycles. The molecule has 0 aliphatic carbocycles. The Balaban J connectivity index is 2.01. The molecule has 1 aliphatic heterocycles. The maximum Gasteiger partial charge on any atom is 0.326 e. The van der Waals surface area contributed by atoms with Crippen molar-refractivity contribution >= 4 is 11.9 Å². The number of rotatable bonds is 4. The average Bonchev–Trinajstić information content (AvgIpc) is 2.95. The van der Waals surface area contributed by atoms with E-state index < -0.39 is 17.8 Å². The zero-order valence-corrected chi connectivity index (χ0v) is 13.5. The fourth-order valence-electron chi connectivity index (χ4n) is 2.73. The second-order valence-corrected chi connectivity index (χ2v) is 5.74. The van der Waals surface area contributed by atoms with Crippen LogP contribution < -0.4 is 0 Å². The van der Waals surface area contributed by atoms with Gasteiger partial charge >= 0.3 is 5.97 Å². The van der Waals surface area contributed by atoms with E-state index in [0.717, 1.165) is 0 Å². The number of methoxy groups -OCH3 is 1. The fourth-order valence-corrected chi connectivity index (χ4v) is 2.73. The van der Waals surface area contributed by atoms with Gasteiger partial charge in [0, 0.05) is 18.8 Å².